The van der Waals surface area contributed by atoms with Gasteiger partial charge in [-0.2, -0.15) is 0 Å². The third kappa shape index (κ3) is 4.53. The Balaban J connectivity index is 1.57. The summed E-state index contributed by atoms with van der Waals surface area (Å²) in [6.07, 6.45) is 1.27. The second-order valence-electron chi connectivity index (χ2n) is 7.66. The van der Waals surface area contributed by atoms with Gasteiger partial charge >= 0.3 is 0 Å². The Morgan fingerprint density at radius 1 is 0.667 bits per heavy atom. The number of ether oxygens (including phenoxy) is 1. The lowest BCUT2D eigenvalue weighted by molar-refractivity contribution is 0.273. The Morgan fingerprint density at radius 3 is 2.03 bits per heavy atom. The fourth-order valence-corrected chi connectivity index (χ4v) is 3.69. The number of hydrogen-bond donors (Lipinski definition) is 0. The van der Waals surface area contributed by atoms with E-state index in [1.165, 1.54) is 42.5 Å². The van der Waals surface area contributed by atoms with Crippen molar-refractivity contribution >= 4 is 10.8 Å². The maximum absolute atomic E-state index is 14.8. The molecule has 1 nitrogen and oxygen atoms in total. The molecule has 0 aliphatic rings. The molecule has 0 aromatic heterocycles. The van der Waals surface area contributed by atoms with Crippen molar-refractivity contribution in [1.82, 2.24) is 0 Å². The van der Waals surface area contributed by atoms with Gasteiger partial charge in [-0.1, -0.05) is 37.6 Å². The highest BCUT2D eigenvalue weighted by atomic mass is 19.2. The lowest BCUT2D eigenvalue weighted by atomic mass is 9.99. The van der Waals surface area contributed by atoms with Crippen LogP contribution < -0.4 is 4.74 Å². The molecule has 0 radical (unpaired) electrons. The first kappa shape index (κ1) is 22.7. The van der Waals surface area contributed by atoms with E-state index in [4.69, 9.17) is 4.74 Å². The van der Waals surface area contributed by atoms with Crippen LogP contribution in [0.1, 0.15) is 24.5 Å². The molecule has 4 aromatic rings. The minimum Gasteiger partial charge on any atom is -0.483 e. The van der Waals surface area contributed by atoms with E-state index in [0.29, 0.717) is 23.1 Å². The van der Waals surface area contributed by atoms with Crippen LogP contribution in [0, 0.1) is 34.9 Å². The van der Waals surface area contributed by atoms with Gasteiger partial charge < -0.3 is 4.74 Å². The molecule has 0 N–H and O–H groups in total. The van der Waals surface area contributed by atoms with Gasteiger partial charge in [-0.25, -0.2) is 26.3 Å². The van der Waals surface area contributed by atoms with Crippen molar-refractivity contribution in [2.24, 2.45) is 0 Å². The minimum absolute atomic E-state index is 0.0770. The number of rotatable bonds is 6. The maximum atomic E-state index is 14.8. The van der Waals surface area contributed by atoms with E-state index in [9.17, 15) is 26.3 Å². The summed E-state index contributed by atoms with van der Waals surface area (Å²) >= 11 is 0. The summed E-state index contributed by atoms with van der Waals surface area (Å²) in [4.78, 5) is 0. The van der Waals surface area contributed by atoms with Gasteiger partial charge in [0.25, 0.3) is 0 Å². The molecule has 0 heterocycles. The van der Waals surface area contributed by atoms with Crippen molar-refractivity contribution in [3.8, 4) is 16.9 Å². The molecule has 4 rings (SSSR count). The predicted octanol–water partition coefficient (Wildman–Crippen LogP) is 7.87. The number of fused-ring (bicyclic) bond motifs is 1. The normalized spacial score (nSPS) is 11.2. The summed E-state index contributed by atoms with van der Waals surface area (Å²) in [5.74, 6) is -7.09. The van der Waals surface area contributed by atoms with Crippen LogP contribution in [0.2, 0.25) is 0 Å². The second kappa shape index (κ2) is 9.17. The third-order valence-electron chi connectivity index (χ3n) is 5.30. The van der Waals surface area contributed by atoms with Crippen LogP contribution in [-0.2, 0) is 13.0 Å². The Morgan fingerprint density at radius 2 is 1.36 bits per heavy atom. The highest BCUT2D eigenvalue weighted by Gasteiger charge is 2.16. The topological polar surface area (TPSA) is 9.23 Å². The fourth-order valence-electron chi connectivity index (χ4n) is 3.69. The molecule has 0 saturated heterocycles. The fraction of sp³-hybridized carbons (Fsp3) is 0.154. The van der Waals surface area contributed by atoms with E-state index in [1.54, 1.807) is 0 Å². The quantitative estimate of drug-likeness (QED) is 0.210. The molecule has 0 unspecified atom stereocenters. The summed E-state index contributed by atoms with van der Waals surface area (Å²) in [5, 5.41) is -0.0507. The standard InChI is InChI=1S/C26H18F6O/c1-2-3-14-8-22(29)26(23(30)9-14)33-13-15-4-6-18(20(27)10-15)16-5-7-19-17(11-16)12-21(28)25(32)24(19)31/h4-12H,2-3,13H2,1H3. The van der Waals surface area contributed by atoms with Crippen molar-refractivity contribution in [3.63, 3.8) is 0 Å². The van der Waals surface area contributed by atoms with Crippen molar-refractivity contribution < 1.29 is 31.1 Å². The van der Waals surface area contributed by atoms with Gasteiger partial charge in [-0.3, -0.25) is 0 Å². The average Bonchev–Trinajstić information content (AvgIpc) is 2.77. The lowest BCUT2D eigenvalue weighted by Gasteiger charge is -2.12. The third-order valence-corrected chi connectivity index (χ3v) is 5.30. The molecular formula is C26H18F6O. The van der Waals surface area contributed by atoms with Gasteiger partial charge in [-0.05, 0) is 58.8 Å². The smallest absolute Gasteiger partial charge is 0.195 e. The van der Waals surface area contributed by atoms with E-state index in [-0.39, 0.29) is 22.9 Å². The van der Waals surface area contributed by atoms with Gasteiger partial charge in [0.1, 0.15) is 12.4 Å². The molecule has 0 saturated carbocycles. The van der Waals surface area contributed by atoms with Crippen molar-refractivity contribution in [3.05, 3.63) is 101 Å². The van der Waals surface area contributed by atoms with Gasteiger partial charge in [0, 0.05) is 10.9 Å². The molecule has 7 heteroatoms. The SMILES string of the molecule is CCCc1cc(F)c(OCc2ccc(-c3ccc4c(F)c(F)c(F)cc4c3)c(F)c2)c(F)c1. The highest BCUT2D eigenvalue weighted by molar-refractivity contribution is 5.88. The van der Waals surface area contributed by atoms with Crippen LogP contribution >= 0.6 is 0 Å². The zero-order valence-corrected chi connectivity index (χ0v) is 17.5. The number of aryl methyl sites for hydroxylation is 1. The largest absolute Gasteiger partial charge is 0.483 e. The Bertz CT molecular complexity index is 1330. The molecule has 4 aromatic carbocycles. The Kier molecular flexibility index (Phi) is 6.31. The van der Waals surface area contributed by atoms with Crippen molar-refractivity contribution in [2.45, 2.75) is 26.4 Å². The van der Waals surface area contributed by atoms with Gasteiger partial charge in [0.15, 0.2) is 34.8 Å². The summed E-state index contributed by atoms with van der Waals surface area (Å²) in [7, 11) is 0. The molecule has 170 valence electrons. The van der Waals surface area contributed by atoms with E-state index >= 15 is 0 Å². The molecule has 33 heavy (non-hydrogen) atoms. The summed E-state index contributed by atoms with van der Waals surface area (Å²) in [6.45, 7) is 1.62. The molecule has 0 aliphatic carbocycles. The monoisotopic (exact) mass is 460 g/mol. The molecule has 0 spiro atoms. The second-order valence-corrected chi connectivity index (χ2v) is 7.66. The zero-order chi connectivity index (χ0) is 23.7. The lowest BCUT2D eigenvalue weighted by Crippen LogP contribution is -2.02. The minimum atomic E-state index is -1.57. The van der Waals surface area contributed by atoms with E-state index in [1.807, 2.05) is 6.92 Å². The van der Waals surface area contributed by atoms with E-state index < -0.39 is 40.7 Å². The average molecular weight is 460 g/mol. The predicted molar refractivity (Wildman–Crippen MR) is 114 cm³/mol. The summed E-state index contributed by atoms with van der Waals surface area (Å²) in [5.41, 5.74) is 1.30. The van der Waals surface area contributed by atoms with Crippen molar-refractivity contribution in [2.75, 3.05) is 0 Å². The van der Waals surface area contributed by atoms with E-state index in [0.717, 1.165) is 18.6 Å². The van der Waals surface area contributed by atoms with Gasteiger partial charge in [0.05, 0.1) is 0 Å². The van der Waals surface area contributed by atoms with E-state index in [2.05, 4.69) is 0 Å². The molecule has 0 atom stereocenters. The summed E-state index contributed by atoms with van der Waals surface area (Å²) < 4.78 is 89.3. The highest BCUT2D eigenvalue weighted by Crippen LogP contribution is 2.31. The van der Waals surface area contributed by atoms with Crippen LogP contribution in [0.25, 0.3) is 21.9 Å². The van der Waals surface area contributed by atoms with Crippen LogP contribution in [0.3, 0.4) is 0 Å². The molecule has 0 aliphatic heterocycles. The molecule has 0 bridgehead atoms. The zero-order valence-electron chi connectivity index (χ0n) is 17.5. The molecule has 0 fully saturated rings. The Labute approximate surface area is 186 Å². The maximum Gasteiger partial charge on any atom is 0.195 e. The molecule has 0 amide bonds. The molecular weight excluding hydrogens is 442 g/mol. The van der Waals surface area contributed by atoms with Crippen LogP contribution in [0.5, 0.6) is 5.75 Å². The first-order valence-electron chi connectivity index (χ1n) is 10.2. The van der Waals surface area contributed by atoms with Crippen LogP contribution in [0.4, 0.5) is 26.3 Å². The van der Waals surface area contributed by atoms with Crippen LogP contribution in [0.15, 0.2) is 54.6 Å². The van der Waals surface area contributed by atoms with Crippen LogP contribution in [-0.4, -0.2) is 0 Å². The first-order valence-corrected chi connectivity index (χ1v) is 10.2. The first-order chi connectivity index (χ1) is 15.8. The number of hydrogen-bond acceptors (Lipinski definition) is 1. The van der Waals surface area contributed by atoms with Gasteiger partial charge in [-0.15, -0.1) is 0 Å². The van der Waals surface area contributed by atoms with Gasteiger partial charge in [0.2, 0.25) is 0 Å². The summed E-state index contributed by atoms with van der Waals surface area (Å²) in [6, 6.07) is 11.3. The number of halogens is 6. The number of benzene rings is 4. The Hall–Kier alpha value is -3.48. The van der Waals surface area contributed by atoms with Crippen molar-refractivity contribution in [1.29, 1.82) is 0 Å².